The molecule has 1 aliphatic heterocycles. The smallest absolute Gasteiger partial charge is 0.225 e. The van der Waals surface area contributed by atoms with Crippen LogP contribution in [0.2, 0.25) is 0 Å². The lowest BCUT2D eigenvalue weighted by molar-refractivity contribution is 0.370. The summed E-state index contributed by atoms with van der Waals surface area (Å²) >= 11 is 0. The van der Waals surface area contributed by atoms with E-state index in [0.29, 0.717) is 19.5 Å². The van der Waals surface area contributed by atoms with Crippen molar-refractivity contribution in [1.29, 1.82) is 0 Å². The van der Waals surface area contributed by atoms with E-state index in [1.165, 1.54) is 0 Å². The van der Waals surface area contributed by atoms with Crippen molar-refractivity contribution in [2.45, 2.75) is 20.3 Å². The fraction of sp³-hybridized carbons (Fsp3) is 0.688. The molecule has 0 radical (unpaired) electrons. The second kappa shape index (κ2) is 12.3. The third-order valence-electron chi connectivity index (χ3n) is 4.05. The molecule has 154 valence electrons. The van der Waals surface area contributed by atoms with Gasteiger partial charge in [0.15, 0.2) is 5.96 Å². The molecule has 11 heteroatoms. The van der Waals surface area contributed by atoms with Gasteiger partial charge in [-0.3, -0.25) is 4.99 Å². The highest BCUT2D eigenvalue weighted by Gasteiger charge is 2.20. The zero-order valence-electron chi connectivity index (χ0n) is 16.0. The van der Waals surface area contributed by atoms with E-state index in [4.69, 9.17) is 0 Å². The van der Waals surface area contributed by atoms with E-state index in [-0.39, 0.29) is 29.7 Å². The van der Waals surface area contributed by atoms with Gasteiger partial charge in [-0.05, 0) is 26.3 Å². The number of aromatic nitrogens is 2. The van der Waals surface area contributed by atoms with Crippen LogP contribution in [-0.2, 0) is 10.0 Å². The highest BCUT2D eigenvalue weighted by atomic mass is 127. The summed E-state index contributed by atoms with van der Waals surface area (Å²) in [5, 5.41) is 3.31. The van der Waals surface area contributed by atoms with Gasteiger partial charge in [0, 0.05) is 58.2 Å². The molecule has 2 N–H and O–H groups in total. The molecular formula is C16H30IN7O2S. The maximum absolute atomic E-state index is 11.4. The summed E-state index contributed by atoms with van der Waals surface area (Å²) in [7, 11) is -3.13. The summed E-state index contributed by atoms with van der Waals surface area (Å²) in [6, 6.07) is 1.82. The maximum Gasteiger partial charge on any atom is 0.225 e. The largest absolute Gasteiger partial charge is 0.357 e. The first kappa shape index (κ1) is 23.8. The number of guanidine groups is 1. The van der Waals surface area contributed by atoms with Gasteiger partial charge in [-0.15, -0.1) is 24.0 Å². The molecule has 1 aromatic rings. The highest BCUT2D eigenvalue weighted by Crippen LogP contribution is 2.09. The van der Waals surface area contributed by atoms with Crippen molar-refractivity contribution in [1.82, 2.24) is 24.9 Å². The zero-order chi connectivity index (χ0) is 18.8. The average molecular weight is 511 g/mol. The molecule has 0 bridgehead atoms. The van der Waals surface area contributed by atoms with Crippen LogP contribution in [-0.4, -0.2) is 80.8 Å². The number of sulfonamides is 1. The van der Waals surface area contributed by atoms with E-state index < -0.39 is 10.0 Å². The number of aliphatic imine (C=N–C) groups is 1. The van der Waals surface area contributed by atoms with Gasteiger partial charge in [0.05, 0.1) is 5.75 Å². The first-order chi connectivity index (χ1) is 12.6. The molecular weight excluding hydrogens is 481 g/mol. The third-order valence-corrected chi connectivity index (χ3v) is 5.45. The van der Waals surface area contributed by atoms with Gasteiger partial charge in [0.1, 0.15) is 0 Å². The fourth-order valence-corrected chi connectivity index (χ4v) is 3.25. The molecule has 0 atom stereocenters. The Bertz CT molecular complexity index is 665. The standard InChI is InChI=1S/C16H29N7O2S.HI/c1-3-17-15(18-9-6-10-21-26(24,25)4-2)22-11-13-23(14-12-22)16-19-7-5-8-20-16;/h5,7-8,21H,3-4,6,9-14H2,1-2H3,(H,17,18);1H. The average Bonchev–Trinajstić information content (AvgIpc) is 2.68. The Morgan fingerprint density at radius 1 is 1.19 bits per heavy atom. The number of nitrogens with zero attached hydrogens (tertiary/aromatic N) is 5. The van der Waals surface area contributed by atoms with Crippen molar-refractivity contribution in [2.75, 3.05) is 56.5 Å². The van der Waals surface area contributed by atoms with Crippen molar-refractivity contribution in [3.63, 3.8) is 0 Å². The third kappa shape index (κ3) is 8.13. The van der Waals surface area contributed by atoms with Crippen molar-refractivity contribution in [2.24, 2.45) is 4.99 Å². The number of nitrogens with one attached hydrogen (secondary N) is 2. The van der Waals surface area contributed by atoms with Crippen LogP contribution in [0.15, 0.2) is 23.5 Å². The number of anilines is 1. The van der Waals surface area contributed by atoms with Gasteiger partial charge in [0.25, 0.3) is 0 Å². The van der Waals surface area contributed by atoms with Crippen molar-refractivity contribution >= 4 is 45.9 Å². The predicted molar refractivity (Wildman–Crippen MR) is 119 cm³/mol. The van der Waals surface area contributed by atoms with Crippen LogP contribution in [0.4, 0.5) is 5.95 Å². The first-order valence-corrected chi connectivity index (χ1v) is 10.7. The Morgan fingerprint density at radius 3 is 2.44 bits per heavy atom. The van der Waals surface area contributed by atoms with Crippen LogP contribution in [0.25, 0.3) is 0 Å². The van der Waals surface area contributed by atoms with Crippen LogP contribution >= 0.6 is 24.0 Å². The Hall–Kier alpha value is -1.21. The summed E-state index contributed by atoms with van der Waals surface area (Å²) in [4.78, 5) is 17.6. The van der Waals surface area contributed by atoms with Gasteiger partial charge in [0.2, 0.25) is 16.0 Å². The quantitative estimate of drug-likeness (QED) is 0.227. The van der Waals surface area contributed by atoms with Crippen molar-refractivity contribution in [3.8, 4) is 0 Å². The molecule has 0 unspecified atom stereocenters. The lowest BCUT2D eigenvalue weighted by atomic mass is 10.3. The minimum atomic E-state index is -3.13. The minimum Gasteiger partial charge on any atom is -0.357 e. The zero-order valence-corrected chi connectivity index (χ0v) is 19.1. The molecule has 1 saturated heterocycles. The van der Waals surface area contributed by atoms with E-state index >= 15 is 0 Å². The van der Waals surface area contributed by atoms with Gasteiger partial charge >= 0.3 is 0 Å². The second-order valence-electron chi connectivity index (χ2n) is 5.91. The van der Waals surface area contributed by atoms with Crippen LogP contribution < -0.4 is 14.9 Å². The van der Waals surface area contributed by atoms with Crippen LogP contribution in [0.5, 0.6) is 0 Å². The second-order valence-corrected chi connectivity index (χ2v) is 8.01. The molecule has 0 aromatic carbocycles. The molecule has 2 heterocycles. The monoisotopic (exact) mass is 511 g/mol. The Morgan fingerprint density at radius 2 is 1.85 bits per heavy atom. The topological polar surface area (TPSA) is 103 Å². The molecule has 1 aliphatic rings. The predicted octanol–water partition coefficient (Wildman–Crippen LogP) is 0.512. The summed E-state index contributed by atoms with van der Waals surface area (Å²) in [5.74, 6) is 1.74. The van der Waals surface area contributed by atoms with Crippen molar-refractivity contribution in [3.05, 3.63) is 18.5 Å². The minimum absolute atomic E-state index is 0. The molecule has 0 aliphatic carbocycles. The van der Waals surface area contributed by atoms with E-state index in [2.05, 4.69) is 34.8 Å². The number of rotatable bonds is 8. The number of piperazine rings is 1. The van der Waals surface area contributed by atoms with E-state index in [1.807, 2.05) is 13.0 Å². The summed E-state index contributed by atoms with van der Waals surface area (Å²) < 4.78 is 25.4. The summed E-state index contributed by atoms with van der Waals surface area (Å²) in [5.41, 5.74) is 0. The lowest BCUT2D eigenvalue weighted by Crippen LogP contribution is -2.53. The molecule has 9 nitrogen and oxygen atoms in total. The van der Waals surface area contributed by atoms with Crippen molar-refractivity contribution < 1.29 is 8.42 Å². The van der Waals surface area contributed by atoms with Crippen LogP contribution in [0.3, 0.4) is 0 Å². The maximum atomic E-state index is 11.4. The highest BCUT2D eigenvalue weighted by molar-refractivity contribution is 14.0. The van der Waals surface area contributed by atoms with Gasteiger partial charge in [-0.1, -0.05) is 0 Å². The molecule has 27 heavy (non-hydrogen) atoms. The fourth-order valence-electron chi connectivity index (χ4n) is 2.59. The van der Waals surface area contributed by atoms with E-state index in [0.717, 1.165) is 44.6 Å². The Labute approximate surface area is 179 Å². The number of hydrogen-bond acceptors (Lipinski definition) is 6. The number of hydrogen-bond donors (Lipinski definition) is 2. The molecule has 1 fully saturated rings. The number of halogens is 1. The van der Waals surface area contributed by atoms with Crippen LogP contribution in [0.1, 0.15) is 20.3 Å². The van der Waals surface area contributed by atoms with Gasteiger partial charge in [-0.2, -0.15) is 0 Å². The Kier molecular flexibility index (Phi) is 10.8. The van der Waals surface area contributed by atoms with E-state index in [9.17, 15) is 8.42 Å². The Balaban J connectivity index is 0.00000364. The molecule has 0 spiro atoms. The lowest BCUT2D eigenvalue weighted by Gasteiger charge is -2.36. The van der Waals surface area contributed by atoms with Crippen LogP contribution in [0, 0.1) is 0 Å². The van der Waals surface area contributed by atoms with E-state index in [1.54, 1.807) is 19.3 Å². The summed E-state index contributed by atoms with van der Waals surface area (Å²) in [6.45, 7) is 8.81. The normalized spacial score (nSPS) is 15.4. The SMILES string of the molecule is CCNC(=NCCCNS(=O)(=O)CC)N1CCN(c2ncccn2)CC1.I. The van der Waals surface area contributed by atoms with Gasteiger partial charge in [-0.25, -0.2) is 23.1 Å². The molecule has 2 rings (SSSR count). The summed E-state index contributed by atoms with van der Waals surface area (Å²) in [6.07, 6.45) is 4.19. The molecule has 0 saturated carbocycles. The molecule has 0 amide bonds. The first-order valence-electron chi connectivity index (χ1n) is 9.08. The van der Waals surface area contributed by atoms with Gasteiger partial charge < -0.3 is 15.1 Å². The molecule has 1 aromatic heterocycles.